The van der Waals surface area contributed by atoms with Gasteiger partial charge in [0.25, 0.3) is 0 Å². The Labute approximate surface area is 415 Å². The molecule has 9 rings (SSSR count). The standard InChI is InChI=1S/C55H63ClN8O6/c1-7-18-54(19-8-11-36(2)65)50-41-28-37(12-15-44(41)57-33-46(50)63(6)52(54)66)38-13-16-48(59-31-38)70-25-10-23-62(5)35-64-47-34-58-45-30-43(56)40(39-14-17-49(60-32-39)69-24-9-22-61(3)4)29-42(45)51(47)55(53(64)67)20-26-68-27-21-55/h12-17,28-34H,7-11,18-27,35H2,1-6H3. The normalized spacial score (nSPS) is 17.4. The van der Waals surface area contributed by atoms with Crippen LogP contribution in [0.2, 0.25) is 5.02 Å². The number of nitrogens with zero attached hydrogens (tertiary/aromatic N) is 8. The fourth-order valence-corrected chi connectivity index (χ4v) is 11.2. The number of rotatable bonds is 20. The van der Waals surface area contributed by atoms with Crippen molar-refractivity contribution in [1.82, 2.24) is 29.7 Å². The molecule has 7 heterocycles. The second-order valence-electron chi connectivity index (χ2n) is 19.5. The minimum absolute atomic E-state index is 0.0688. The highest BCUT2D eigenvalue weighted by Crippen LogP contribution is 2.52. The number of halogens is 1. The first kappa shape index (κ1) is 48.9. The maximum atomic E-state index is 14.7. The summed E-state index contributed by atoms with van der Waals surface area (Å²) in [6.07, 6.45) is 13.3. The van der Waals surface area contributed by atoms with Gasteiger partial charge in [-0.2, -0.15) is 0 Å². The van der Waals surface area contributed by atoms with Crippen LogP contribution in [0.15, 0.2) is 79.4 Å². The fraction of sp³-hybridized carbons (Fsp3) is 0.436. The first-order valence-corrected chi connectivity index (χ1v) is 25.0. The smallest absolute Gasteiger partial charge is 0.239 e. The lowest BCUT2D eigenvalue weighted by Gasteiger charge is -2.33. The molecule has 1 saturated heterocycles. The van der Waals surface area contributed by atoms with E-state index < -0.39 is 10.8 Å². The number of pyridine rings is 4. The molecule has 0 saturated carbocycles. The van der Waals surface area contributed by atoms with Crippen LogP contribution in [0, 0.1) is 0 Å². The van der Waals surface area contributed by atoms with Gasteiger partial charge in [0.15, 0.2) is 0 Å². The van der Waals surface area contributed by atoms with Crippen molar-refractivity contribution >= 4 is 62.4 Å². The van der Waals surface area contributed by atoms with Crippen LogP contribution in [-0.4, -0.2) is 122 Å². The predicted octanol–water partition coefficient (Wildman–Crippen LogP) is 9.42. The van der Waals surface area contributed by atoms with E-state index in [1.54, 1.807) is 18.0 Å². The monoisotopic (exact) mass is 966 g/mol. The van der Waals surface area contributed by atoms with E-state index in [1.165, 1.54) is 0 Å². The summed E-state index contributed by atoms with van der Waals surface area (Å²) in [6, 6.07) is 17.9. The molecule has 6 aromatic rings. The lowest BCUT2D eigenvalue weighted by atomic mass is 9.72. The van der Waals surface area contributed by atoms with Gasteiger partial charge in [-0.25, -0.2) is 9.97 Å². The summed E-state index contributed by atoms with van der Waals surface area (Å²) in [6.45, 7) is 7.73. The largest absolute Gasteiger partial charge is 0.478 e. The van der Waals surface area contributed by atoms with Gasteiger partial charge in [0.2, 0.25) is 23.6 Å². The zero-order valence-corrected chi connectivity index (χ0v) is 42.0. The molecule has 3 aliphatic rings. The Balaban J connectivity index is 0.868. The number of hydrogen-bond acceptors (Lipinski definition) is 12. The average molecular weight is 968 g/mol. The molecule has 0 radical (unpaired) electrons. The molecule has 3 aliphatic heterocycles. The topological polar surface area (TPSA) is 143 Å². The Morgan fingerprint density at radius 1 is 0.743 bits per heavy atom. The zero-order chi connectivity index (χ0) is 49.2. The Morgan fingerprint density at radius 2 is 1.40 bits per heavy atom. The molecule has 15 heteroatoms. The summed E-state index contributed by atoms with van der Waals surface area (Å²) in [5.74, 6) is 1.36. The molecule has 0 bridgehead atoms. The third kappa shape index (κ3) is 9.46. The van der Waals surface area contributed by atoms with Crippen LogP contribution in [0.5, 0.6) is 11.8 Å². The third-order valence-corrected chi connectivity index (χ3v) is 14.7. The Morgan fingerprint density at radius 3 is 2.07 bits per heavy atom. The number of carbonyl (C=O) groups excluding carboxylic acids is 3. The van der Waals surface area contributed by atoms with Crippen molar-refractivity contribution in [2.24, 2.45) is 0 Å². The first-order chi connectivity index (χ1) is 33.8. The molecule has 1 spiro atoms. The molecule has 2 amide bonds. The van der Waals surface area contributed by atoms with Crippen LogP contribution in [-0.2, 0) is 30.0 Å². The maximum absolute atomic E-state index is 14.7. The van der Waals surface area contributed by atoms with E-state index in [-0.39, 0.29) is 17.6 Å². The Hall–Kier alpha value is -6.06. The lowest BCUT2D eigenvalue weighted by Crippen LogP contribution is -2.47. The van der Waals surface area contributed by atoms with Crippen molar-refractivity contribution in [2.75, 3.05) is 84.2 Å². The van der Waals surface area contributed by atoms with E-state index in [4.69, 9.17) is 35.8 Å². The highest BCUT2D eigenvalue weighted by molar-refractivity contribution is 6.34. The number of carbonyl (C=O) groups is 3. The number of hydrogen-bond donors (Lipinski definition) is 0. The van der Waals surface area contributed by atoms with Gasteiger partial charge < -0.3 is 28.8 Å². The van der Waals surface area contributed by atoms with Crippen LogP contribution in [0.25, 0.3) is 44.1 Å². The van der Waals surface area contributed by atoms with E-state index in [0.29, 0.717) is 101 Å². The third-order valence-electron chi connectivity index (χ3n) is 14.4. The van der Waals surface area contributed by atoms with Crippen molar-refractivity contribution in [1.29, 1.82) is 0 Å². The number of ketones is 1. The number of aromatic nitrogens is 4. The number of likely N-dealkylation sites (N-methyl/N-ethyl adjacent to an activating group) is 1. The zero-order valence-electron chi connectivity index (χ0n) is 41.2. The minimum atomic E-state index is -0.736. The van der Waals surface area contributed by atoms with Crippen molar-refractivity contribution in [3.05, 3.63) is 95.5 Å². The quantitative estimate of drug-likeness (QED) is 0.0673. The molecule has 14 nitrogen and oxygen atoms in total. The number of benzene rings is 2. The molecular weight excluding hydrogens is 904 g/mol. The van der Waals surface area contributed by atoms with Gasteiger partial charge in [0.05, 0.1) is 70.5 Å². The molecule has 1 fully saturated rings. The van der Waals surface area contributed by atoms with Gasteiger partial charge in [0, 0.05) is 103 Å². The molecule has 2 aromatic carbocycles. The van der Waals surface area contributed by atoms with Crippen LogP contribution in [0.3, 0.4) is 0 Å². The van der Waals surface area contributed by atoms with Crippen molar-refractivity contribution in [3.8, 4) is 34.0 Å². The predicted molar refractivity (Wildman–Crippen MR) is 275 cm³/mol. The highest BCUT2D eigenvalue weighted by atomic mass is 35.5. The van der Waals surface area contributed by atoms with Crippen LogP contribution in [0.4, 0.5) is 11.4 Å². The number of fused-ring (bicyclic) bond motifs is 7. The second kappa shape index (κ2) is 20.7. The molecule has 366 valence electrons. The number of ether oxygens (including phenoxy) is 3. The van der Waals surface area contributed by atoms with Gasteiger partial charge in [-0.05, 0) is 115 Å². The van der Waals surface area contributed by atoms with Gasteiger partial charge in [-0.3, -0.25) is 29.4 Å². The van der Waals surface area contributed by atoms with Gasteiger partial charge in [0.1, 0.15) is 5.78 Å². The number of Topliss-reactive ketones (excluding diaryl/α,β-unsaturated/α-hetero) is 1. The SMILES string of the molecule is CCCC1(CCCC(C)=O)C(=O)N(C)c2cnc3ccc(-c4ccc(OCCCN(C)CN5C(=O)C6(CCOCC6)c6c5cnc5cc(Cl)c(-c7ccc(OCCCN(C)C)nc7)cc65)nc4)cc3c21. The Bertz CT molecular complexity index is 2910. The summed E-state index contributed by atoms with van der Waals surface area (Å²) < 4.78 is 17.9. The van der Waals surface area contributed by atoms with Gasteiger partial charge in [-0.1, -0.05) is 31.0 Å². The fourth-order valence-electron chi connectivity index (χ4n) is 10.9. The molecule has 0 aliphatic carbocycles. The molecule has 4 aromatic heterocycles. The van der Waals surface area contributed by atoms with Crippen molar-refractivity contribution in [3.63, 3.8) is 0 Å². The molecule has 0 N–H and O–H groups in total. The van der Waals surface area contributed by atoms with E-state index in [2.05, 4.69) is 38.8 Å². The molecule has 1 unspecified atom stereocenters. The van der Waals surface area contributed by atoms with Crippen molar-refractivity contribution in [2.45, 2.75) is 82.5 Å². The summed E-state index contributed by atoms with van der Waals surface area (Å²) >= 11 is 6.93. The Kier molecular flexibility index (Phi) is 14.5. The van der Waals surface area contributed by atoms with Gasteiger partial charge in [-0.15, -0.1) is 0 Å². The molecule has 70 heavy (non-hydrogen) atoms. The number of amides is 2. The maximum Gasteiger partial charge on any atom is 0.239 e. The minimum Gasteiger partial charge on any atom is -0.478 e. The molecule has 1 atom stereocenters. The van der Waals surface area contributed by atoms with E-state index in [1.807, 2.05) is 94.1 Å². The van der Waals surface area contributed by atoms with E-state index in [0.717, 1.165) is 85.9 Å². The van der Waals surface area contributed by atoms with E-state index in [9.17, 15) is 14.4 Å². The first-order valence-electron chi connectivity index (χ1n) is 24.6. The summed E-state index contributed by atoms with van der Waals surface area (Å²) in [7, 11) is 7.93. The van der Waals surface area contributed by atoms with Crippen LogP contribution < -0.4 is 19.3 Å². The second-order valence-corrected chi connectivity index (χ2v) is 19.9. The van der Waals surface area contributed by atoms with Crippen LogP contribution >= 0.6 is 11.6 Å². The number of anilines is 2. The summed E-state index contributed by atoms with van der Waals surface area (Å²) in [5.41, 5.74) is 7.33. The average Bonchev–Trinajstić information content (AvgIpc) is 3.70. The van der Waals surface area contributed by atoms with Crippen LogP contribution in [0.1, 0.15) is 82.8 Å². The van der Waals surface area contributed by atoms with Gasteiger partial charge >= 0.3 is 0 Å². The van der Waals surface area contributed by atoms with Crippen molar-refractivity contribution < 1.29 is 28.6 Å². The summed E-state index contributed by atoms with van der Waals surface area (Å²) in [5, 5.41) is 2.42. The molecular formula is C55H63ClN8O6. The highest BCUT2D eigenvalue weighted by Gasteiger charge is 2.53. The van der Waals surface area contributed by atoms with E-state index >= 15 is 0 Å². The lowest BCUT2D eigenvalue weighted by molar-refractivity contribution is -0.127. The summed E-state index contributed by atoms with van der Waals surface area (Å²) in [4.78, 5) is 67.4.